The lowest BCUT2D eigenvalue weighted by Crippen LogP contribution is -2.52. The maximum atomic E-state index is 12.3. The van der Waals surface area contributed by atoms with E-state index in [0.29, 0.717) is 93.4 Å². The zero-order chi connectivity index (χ0) is 103. The number of nitrogens with two attached hydrogens (primary N) is 8. The lowest BCUT2D eigenvalue weighted by Gasteiger charge is -2.30. The number of carbonyl (C=O) groups is 8. The lowest BCUT2D eigenvalue weighted by atomic mass is 9.79. The minimum atomic E-state index is -1.11. The first-order valence-corrected chi connectivity index (χ1v) is 50.7. The van der Waals surface area contributed by atoms with Crippen molar-refractivity contribution < 1.29 is 76.3 Å². The molecule has 0 amide bonds. The fraction of sp³-hybridized carbons (Fsp3) is 0.550. The Balaban J connectivity index is 0.000000531. The number of carbonyl (C=O) groups excluding carboxylic acids is 8. The van der Waals surface area contributed by atoms with Crippen LogP contribution >= 0.6 is 47.8 Å². The molecule has 2 aliphatic rings. The Morgan fingerprint density at radius 1 is 0.321 bits per heavy atom. The summed E-state index contributed by atoms with van der Waals surface area (Å²) >= 11 is 10.2. The molecule has 137 heavy (non-hydrogen) atoms. The van der Waals surface area contributed by atoms with Crippen molar-refractivity contribution in [2.75, 3.05) is 56.9 Å². The number of hydrogen-bond acceptors (Lipinski definition) is 25. The van der Waals surface area contributed by atoms with Gasteiger partial charge in [-0.25, -0.2) is 19.2 Å². The Morgan fingerprint density at radius 2 is 0.628 bits per heavy atom. The topological polar surface area (TPSA) is 431 Å². The number of nitrogens with zero attached hydrogens (tertiary/aromatic N) is 1. The highest BCUT2D eigenvalue weighted by Gasteiger charge is 2.49. The molecule has 1 aromatic heterocycles. The number of benzene rings is 6. The molecule has 0 bridgehead atoms. The van der Waals surface area contributed by atoms with Crippen LogP contribution in [-0.2, 0) is 118 Å². The molecule has 25 nitrogen and oxygen atoms in total. The third-order valence-electron chi connectivity index (χ3n) is 24.8. The fourth-order valence-corrected chi connectivity index (χ4v) is 17.2. The first-order valence-electron chi connectivity index (χ1n) is 48.3. The monoisotopic (exact) mass is 2090 g/mol. The molecule has 0 radical (unpaired) electrons. The Labute approximate surface area is 843 Å². The second kappa shape index (κ2) is 65.4. The van der Waals surface area contributed by atoms with Gasteiger partial charge in [0.15, 0.2) is 0 Å². The van der Waals surface area contributed by atoms with Crippen LogP contribution in [0.5, 0.6) is 0 Å². The molecule has 2 saturated carbocycles. The summed E-state index contributed by atoms with van der Waals surface area (Å²) in [5, 5.41) is 0. The minimum absolute atomic E-state index is 0.233. The van der Waals surface area contributed by atoms with Gasteiger partial charge < -0.3 is 83.8 Å². The molecule has 0 saturated heterocycles. The van der Waals surface area contributed by atoms with Gasteiger partial charge in [-0.1, -0.05) is 336 Å². The van der Waals surface area contributed by atoms with Crippen molar-refractivity contribution in [3.8, 4) is 0 Å². The van der Waals surface area contributed by atoms with Crippen LogP contribution in [0.4, 0.5) is 0 Å². The molecule has 2 fully saturated rings. The molecule has 9 rings (SSSR count). The number of aromatic nitrogens is 1. The van der Waals surface area contributed by atoms with Crippen molar-refractivity contribution in [1.82, 2.24) is 4.98 Å². The molecule has 16 N–H and O–H groups in total. The van der Waals surface area contributed by atoms with Gasteiger partial charge in [-0.15, -0.1) is 0 Å². The Bertz CT molecular complexity index is 4490. The maximum absolute atomic E-state index is 12.3. The minimum Gasteiger partial charge on any atom is -0.468 e. The molecule has 762 valence electrons. The smallest absolute Gasteiger partial charge is 0.330 e. The van der Waals surface area contributed by atoms with Crippen molar-refractivity contribution in [3.05, 3.63) is 241 Å². The van der Waals surface area contributed by atoms with Gasteiger partial charge in [-0.2, -0.15) is 0 Å². The largest absolute Gasteiger partial charge is 0.468 e. The van der Waals surface area contributed by atoms with Crippen molar-refractivity contribution in [3.63, 3.8) is 0 Å². The molecule has 7 aromatic rings. The third kappa shape index (κ3) is 42.7. The number of esters is 8. The SMILES string of the molecule is CCCCC(N)(C(=O)OC)C1CC1.CCCCC(N)(C(=O)OC)c1cccc(Br)c1.CCCCC(N)(C(=O)OC)c1ccccc1.CCCCC(N)(C(=O)OC)c1cncc(Br)c1.CCCCC(N)(Cc1ccccc1)C(=O)OC.COC(=O)C(N)(CCC(C)C)CCC(C)C.COC(=O)C(N)(CCC1CCCCC1)c1cccc(Br)c1.COC(=O)C(N)(Cc1ccccc1)Cc1ccccc1. The number of pyridine rings is 1. The van der Waals surface area contributed by atoms with Gasteiger partial charge in [0.25, 0.3) is 0 Å². The van der Waals surface area contributed by atoms with Gasteiger partial charge in [0.05, 0.1) is 56.9 Å². The summed E-state index contributed by atoms with van der Waals surface area (Å²) in [7, 11) is 11.1. The summed E-state index contributed by atoms with van der Waals surface area (Å²) < 4.78 is 41.3. The molecule has 6 unspecified atom stereocenters. The molecule has 0 spiro atoms. The Morgan fingerprint density at radius 3 is 0.971 bits per heavy atom. The van der Waals surface area contributed by atoms with Crippen LogP contribution < -0.4 is 45.9 Å². The van der Waals surface area contributed by atoms with Crippen molar-refractivity contribution >= 4 is 95.5 Å². The van der Waals surface area contributed by atoms with Gasteiger partial charge >= 0.3 is 47.8 Å². The summed E-state index contributed by atoms with van der Waals surface area (Å²) in [5.74, 6) is -0.557. The second-order valence-electron chi connectivity index (χ2n) is 36.8. The number of unbranched alkanes of at least 4 members (excludes halogenated alkanes) is 5. The van der Waals surface area contributed by atoms with Gasteiger partial charge in [0, 0.05) is 50.6 Å². The first kappa shape index (κ1) is 124. The summed E-state index contributed by atoms with van der Waals surface area (Å²) in [6.07, 6.45) is 31.1. The quantitative estimate of drug-likeness (QED) is 0.0130. The van der Waals surface area contributed by atoms with E-state index in [0.717, 1.165) is 150 Å². The van der Waals surface area contributed by atoms with Crippen molar-refractivity contribution in [1.29, 1.82) is 0 Å². The Kier molecular flexibility index (Phi) is 59.4. The fourth-order valence-electron chi connectivity index (χ4n) is 16.0. The van der Waals surface area contributed by atoms with Gasteiger partial charge in [-0.3, -0.25) is 24.2 Å². The van der Waals surface area contributed by atoms with Crippen LogP contribution in [0, 0.1) is 23.7 Å². The van der Waals surface area contributed by atoms with Crippen molar-refractivity contribution in [2.45, 2.75) is 306 Å². The highest BCUT2D eigenvalue weighted by Crippen LogP contribution is 2.42. The molecule has 0 aliphatic heterocycles. The van der Waals surface area contributed by atoms with E-state index in [-0.39, 0.29) is 41.8 Å². The van der Waals surface area contributed by atoms with E-state index in [9.17, 15) is 38.4 Å². The predicted octanol–water partition coefficient (Wildman–Crippen LogP) is 20.5. The highest BCUT2D eigenvalue weighted by molar-refractivity contribution is 9.11. The van der Waals surface area contributed by atoms with E-state index in [1.54, 1.807) is 18.5 Å². The Hall–Kier alpha value is -8.65. The highest BCUT2D eigenvalue weighted by atomic mass is 79.9. The summed E-state index contributed by atoms with van der Waals surface area (Å²) in [6, 6.07) is 55.7. The summed E-state index contributed by atoms with van der Waals surface area (Å²) in [5.41, 5.74) is 48.4. The van der Waals surface area contributed by atoms with E-state index in [1.807, 2.05) is 170 Å². The van der Waals surface area contributed by atoms with E-state index >= 15 is 0 Å². The first-order chi connectivity index (χ1) is 65.0. The van der Waals surface area contributed by atoms with Crippen LogP contribution in [0.25, 0.3) is 0 Å². The zero-order valence-electron chi connectivity index (χ0n) is 84.9. The van der Waals surface area contributed by atoms with Crippen LogP contribution in [0.15, 0.2) is 202 Å². The average Bonchev–Trinajstić information content (AvgIpc) is 1.38. The maximum Gasteiger partial charge on any atom is 0.330 e. The number of methoxy groups -OCH3 is 8. The predicted molar refractivity (Wildman–Crippen MR) is 559 cm³/mol. The van der Waals surface area contributed by atoms with Crippen LogP contribution in [0.3, 0.4) is 0 Å². The van der Waals surface area contributed by atoms with E-state index in [2.05, 4.69) is 115 Å². The number of ether oxygens (including phenoxy) is 8. The molecule has 1 heterocycles. The zero-order valence-corrected chi connectivity index (χ0v) is 89.6. The van der Waals surface area contributed by atoms with Gasteiger partial charge in [-0.05, 0) is 187 Å². The van der Waals surface area contributed by atoms with E-state index < -0.39 is 50.3 Å². The molecule has 28 heteroatoms. The number of hydrogen-bond donors (Lipinski definition) is 8. The lowest BCUT2D eigenvalue weighted by molar-refractivity contribution is -0.149. The molecule has 2 aliphatic carbocycles. The third-order valence-corrected chi connectivity index (χ3v) is 26.2. The average molecular weight is 2100 g/mol. The van der Waals surface area contributed by atoms with Crippen LogP contribution in [0.1, 0.15) is 281 Å². The standard InChI is InChI=1S/C17H24BrNO2.C17H19NO2.C14H21NO2.C13H18BrNO2.C13H19NO2.C13H27NO2.C12H17BrN2O2.C10H19NO2/c1-21-16(20)17(19,14-8-5-9-15(18)12-14)11-10-13-6-3-2-4-7-13;1-20-16(19)17(18,12-14-8-4-2-5-9-14)13-15-10-6-3-7-11-15;1-3-4-10-14(15,13(16)17-2)11-12-8-6-5-7-9-12;1-3-4-8-13(15,12(16)17-2)10-6-5-7-11(14)9-10;1-3-4-10-13(14,12(15)16-2)11-8-6-5-7-9-11;1-10(2)6-8-13(14,12(15)16-5)9-7-11(3)4;1-3-4-5-12(14,11(16)17-2)9-6-10(13)8-15-7-9;1-3-4-7-10(11,8-5-6-8)9(12)13-2/h5,8-9,12-13H,2-4,6-7,10-11,19H2,1H3;2-11H,12-13,18H2,1H3;5-9H,3-4,10-11,15H2,1-2H3;5-7,9H,3-4,8,15H2,1-2H3;5-9H,3-4,10,14H2,1-2H3;10-11H,6-9,14H2,1-5H3;6-8H,3-5,14H2,1-2H3;8H,3-7,11H2,1-2H3. The molecular weight excluding hydrogens is 1930 g/mol. The van der Waals surface area contributed by atoms with E-state index in [1.165, 1.54) is 89.0 Å². The van der Waals surface area contributed by atoms with Crippen LogP contribution in [-0.4, -0.2) is 132 Å². The molecular formula is C109H164Br3N9O16. The summed E-state index contributed by atoms with van der Waals surface area (Å²) in [4.78, 5) is 98.9. The second-order valence-corrected chi connectivity index (χ2v) is 39.5. The number of halogens is 3. The van der Waals surface area contributed by atoms with Gasteiger partial charge in [0.1, 0.15) is 44.3 Å². The summed E-state index contributed by atoms with van der Waals surface area (Å²) in [6.45, 7) is 18.9. The van der Waals surface area contributed by atoms with Crippen molar-refractivity contribution in [2.24, 2.45) is 69.5 Å². The molecule has 6 atom stereocenters. The molecule has 6 aromatic carbocycles. The van der Waals surface area contributed by atoms with Gasteiger partial charge in [0.2, 0.25) is 0 Å². The normalized spacial score (nSPS) is 14.8. The van der Waals surface area contributed by atoms with Crippen LogP contribution in [0.2, 0.25) is 0 Å². The number of rotatable bonds is 43. The van der Waals surface area contributed by atoms with E-state index in [4.69, 9.17) is 83.8 Å².